The van der Waals surface area contributed by atoms with Crippen LogP contribution in [0.2, 0.25) is 0 Å². The summed E-state index contributed by atoms with van der Waals surface area (Å²) >= 11 is 0. The topological polar surface area (TPSA) is 60.4 Å². The Labute approximate surface area is 116 Å². The molecule has 1 atom stereocenters. The number of hydrogen-bond acceptors (Lipinski definition) is 2. The van der Waals surface area contributed by atoms with Crippen molar-refractivity contribution in [1.29, 1.82) is 0 Å². The van der Waals surface area contributed by atoms with Crippen molar-refractivity contribution in [2.75, 3.05) is 0 Å². The lowest BCUT2D eigenvalue weighted by molar-refractivity contribution is -0.121. The van der Waals surface area contributed by atoms with Gasteiger partial charge in [0.05, 0.1) is 11.9 Å². The van der Waals surface area contributed by atoms with E-state index in [1.165, 1.54) is 0 Å². The van der Waals surface area contributed by atoms with E-state index in [1.54, 1.807) is 6.20 Å². The molecule has 4 heteroatoms. The maximum Gasteiger partial charge on any atom is 0.233 e. The minimum Gasteiger partial charge on any atom is -0.369 e. The lowest BCUT2D eigenvalue weighted by Crippen LogP contribution is -2.40. The van der Waals surface area contributed by atoms with Gasteiger partial charge >= 0.3 is 0 Å². The SMILES string of the molecule is CC(C(N)=O)(c1ccccc1)c1cnc2ccccn12. The first-order valence-electron chi connectivity index (χ1n) is 6.42. The van der Waals surface area contributed by atoms with Gasteiger partial charge in [-0.25, -0.2) is 4.98 Å². The van der Waals surface area contributed by atoms with E-state index < -0.39 is 11.3 Å². The average Bonchev–Trinajstić information content (AvgIpc) is 2.91. The summed E-state index contributed by atoms with van der Waals surface area (Å²) < 4.78 is 1.90. The van der Waals surface area contributed by atoms with Crippen LogP contribution in [0.5, 0.6) is 0 Å². The number of imidazole rings is 1. The molecule has 4 nitrogen and oxygen atoms in total. The van der Waals surface area contributed by atoms with Crippen molar-refractivity contribution in [3.8, 4) is 0 Å². The van der Waals surface area contributed by atoms with Gasteiger partial charge < -0.3 is 10.1 Å². The molecule has 0 aliphatic heterocycles. The van der Waals surface area contributed by atoms with Gasteiger partial charge in [0.25, 0.3) is 0 Å². The number of nitrogens with two attached hydrogens (primary N) is 1. The lowest BCUT2D eigenvalue weighted by atomic mass is 9.79. The summed E-state index contributed by atoms with van der Waals surface area (Å²) in [6, 6.07) is 15.3. The quantitative estimate of drug-likeness (QED) is 0.788. The van der Waals surface area contributed by atoms with E-state index in [4.69, 9.17) is 5.73 Å². The van der Waals surface area contributed by atoms with Crippen molar-refractivity contribution in [1.82, 2.24) is 9.38 Å². The highest BCUT2D eigenvalue weighted by molar-refractivity contribution is 5.90. The van der Waals surface area contributed by atoms with Crippen molar-refractivity contribution < 1.29 is 4.79 Å². The predicted octanol–water partition coefficient (Wildman–Crippen LogP) is 2.13. The molecule has 1 unspecified atom stereocenters. The van der Waals surface area contributed by atoms with Crippen LogP contribution in [0.15, 0.2) is 60.9 Å². The highest BCUT2D eigenvalue weighted by Gasteiger charge is 2.37. The number of carbonyl (C=O) groups excluding carboxylic acids is 1. The number of rotatable bonds is 3. The van der Waals surface area contributed by atoms with Gasteiger partial charge in [0, 0.05) is 6.20 Å². The highest BCUT2D eigenvalue weighted by atomic mass is 16.1. The fourth-order valence-corrected chi connectivity index (χ4v) is 2.49. The zero-order chi connectivity index (χ0) is 14.2. The van der Waals surface area contributed by atoms with Crippen LogP contribution in [0.1, 0.15) is 18.2 Å². The fraction of sp³-hybridized carbons (Fsp3) is 0.125. The number of primary amides is 1. The van der Waals surface area contributed by atoms with Gasteiger partial charge in [-0.1, -0.05) is 36.4 Å². The molecule has 0 spiro atoms. The largest absolute Gasteiger partial charge is 0.369 e. The van der Waals surface area contributed by atoms with Gasteiger partial charge in [-0.15, -0.1) is 0 Å². The second-order valence-electron chi connectivity index (χ2n) is 4.93. The summed E-state index contributed by atoms with van der Waals surface area (Å²) in [7, 11) is 0. The van der Waals surface area contributed by atoms with E-state index in [2.05, 4.69) is 4.98 Å². The number of amides is 1. The molecule has 0 aliphatic carbocycles. The van der Waals surface area contributed by atoms with Gasteiger partial charge in [-0.2, -0.15) is 0 Å². The van der Waals surface area contributed by atoms with Crippen LogP contribution in [0.4, 0.5) is 0 Å². The molecule has 3 aromatic rings. The van der Waals surface area contributed by atoms with Crippen molar-refractivity contribution in [3.63, 3.8) is 0 Å². The van der Waals surface area contributed by atoms with E-state index in [0.29, 0.717) is 0 Å². The molecule has 2 heterocycles. The Balaban J connectivity index is 2.29. The molecule has 0 bridgehead atoms. The Hall–Kier alpha value is -2.62. The molecule has 100 valence electrons. The van der Waals surface area contributed by atoms with Gasteiger partial charge in [-0.05, 0) is 24.6 Å². The van der Waals surface area contributed by atoms with Gasteiger partial charge in [0.15, 0.2) is 0 Å². The third kappa shape index (κ3) is 1.69. The Bertz CT molecular complexity index is 764. The van der Waals surface area contributed by atoms with Crippen LogP contribution in [-0.4, -0.2) is 15.3 Å². The Morgan fingerprint density at radius 1 is 1.15 bits per heavy atom. The van der Waals surface area contributed by atoms with Crippen LogP contribution in [-0.2, 0) is 10.2 Å². The highest BCUT2D eigenvalue weighted by Crippen LogP contribution is 2.32. The zero-order valence-corrected chi connectivity index (χ0v) is 11.2. The lowest BCUT2D eigenvalue weighted by Gasteiger charge is -2.26. The van der Waals surface area contributed by atoms with E-state index in [0.717, 1.165) is 16.9 Å². The molecule has 1 amide bonds. The Morgan fingerprint density at radius 2 is 1.85 bits per heavy atom. The summed E-state index contributed by atoms with van der Waals surface area (Å²) in [6.45, 7) is 1.83. The Kier molecular flexibility index (Phi) is 2.79. The molecule has 0 aliphatic rings. The van der Waals surface area contributed by atoms with E-state index in [9.17, 15) is 4.79 Å². The number of benzene rings is 1. The molecular weight excluding hydrogens is 250 g/mol. The fourth-order valence-electron chi connectivity index (χ4n) is 2.49. The zero-order valence-electron chi connectivity index (χ0n) is 11.2. The summed E-state index contributed by atoms with van der Waals surface area (Å²) in [5.74, 6) is -0.394. The van der Waals surface area contributed by atoms with Crippen molar-refractivity contribution in [2.45, 2.75) is 12.3 Å². The minimum absolute atomic E-state index is 0.394. The van der Waals surface area contributed by atoms with Gasteiger partial charge in [0.2, 0.25) is 5.91 Å². The molecule has 3 rings (SSSR count). The maximum atomic E-state index is 12.1. The molecule has 20 heavy (non-hydrogen) atoms. The molecule has 0 saturated carbocycles. The number of pyridine rings is 1. The monoisotopic (exact) mass is 265 g/mol. The van der Waals surface area contributed by atoms with Crippen LogP contribution in [0.3, 0.4) is 0 Å². The average molecular weight is 265 g/mol. The normalized spacial score (nSPS) is 14.1. The number of carbonyl (C=O) groups is 1. The Morgan fingerprint density at radius 3 is 2.55 bits per heavy atom. The molecule has 0 radical (unpaired) electrons. The molecule has 0 fully saturated rings. The standard InChI is InChI=1S/C16H15N3O/c1-16(15(17)20,12-7-3-2-4-8-12)13-11-18-14-9-5-6-10-19(13)14/h2-11H,1H3,(H2,17,20). The first-order chi connectivity index (χ1) is 9.64. The molecule has 2 N–H and O–H groups in total. The van der Waals surface area contributed by atoms with Gasteiger partial charge in [-0.3, -0.25) is 4.79 Å². The van der Waals surface area contributed by atoms with E-state index in [1.807, 2.05) is 66.1 Å². The summed E-state index contributed by atoms with van der Waals surface area (Å²) in [5.41, 5.74) is 7.22. The molecule has 0 saturated heterocycles. The van der Waals surface area contributed by atoms with Crippen molar-refractivity contribution in [3.05, 3.63) is 72.2 Å². The second-order valence-corrected chi connectivity index (χ2v) is 4.93. The summed E-state index contributed by atoms with van der Waals surface area (Å²) in [6.07, 6.45) is 3.61. The molecular formula is C16H15N3O. The number of fused-ring (bicyclic) bond motifs is 1. The van der Waals surface area contributed by atoms with Crippen molar-refractivity contribution in [2.24, 2.45) is 5.73 Å². The molecule has 1 aromatic carbocycles. The summed E-state index contributed by atoms with van der Waals surface area (Å²) in [5, 5.41) is 0. The van der Waals surface area contributed by atoms with Crippen LogP contribution >= 0.6 is 0 Å². The number of nitrogens with zero attached hydrogens (tertiary/aromatic N) is 2. The van der Waals surface area contributed by atoms with Crippen LogP contribution in [0, 0.1) is 0 Å². The third-order valence-electron chi connectivity index (χ3n) is 3.77. The van der Waals surface area contributed by atoms with Crippen molar-refractivity contribution >= 4 is 11.6 Å². The van der Waals surface area contributed by atoms with Crippen LogP contribution < -0.4 is 5.73 Å². The number of hydrogen-bond donors (Lipinski definition) is 1. The molecule has 2 aromatic heterocycles. The van der Waals surface area contributed by atoms with Gasteiger partial charge in [0.1, 0.15) is 11.1 Å². The van der Waals surface area contributed by atoms with E-state index in [-0.39, 0.29) is 0 Å². The first-order valence-corrected chi connectivity index (χ1v) is 6.42. The smallest absolute Gasteiger partial charge is 0.233 e. The third-order valence-corrected chi connectivity index (χ3v) is 3.77. The number of aromatic nitrogens is 2. The summed E-state index contributed by atoms with van der Waals surface area (Å²) in [4.78, 5) is 16.5. The van der Waals surface area contributed by atoms with Crippen LogP contribution in [0.25, 0.3) is 5.65 Å². The maximum absolute atomic E-state index is 12.1. The minimum atomic E-state index is -0.915. The van der Waals surface area contributed by atoms with E-state index >= 15 is 0 Å². The first kappa shape index (κ1) is 12.4. The predicted molar refractivity (Wildman–Crippen MR) is 77.3 cm³/mol. The second kappa shape index (κ2) is 4.49.